The van der Waals surface area contributed by atoms with Gasteiger partial charge in [-0.15, -0.1) is 0 Å². The van der Waals surface area contributed by atoms with Gasteiger partial charge in [0.15, 0.2) is 0 Å². The molecule has 5 nitrogen and oxygen atoms in total. The predicted molar refractivity (Wildman–Crippen MR) is 107 cm³/mol. The second-order valence-corrected chi connectivity index (χ2v) is 7.62. The second kappa shape index (κ2) is 7.24. The lowest BCUT2D eigenvalue weighted by Crippen LogP contribution is -2.38. The largest absolute Gasteiger partial charge is 0.336 e. The number of rotatable bonds is 4. The van der Waals surface area contributed by atoms with Gasteiger partial charge in [0.25, 0.3) is 0 Å². The van der Waals surface area contributed by atoms with Crippen LogP contribution in [0.2, 0.25) is 5.02 Å². The van der Waals surface area contributed by atoms with E-state index >= 15 is 0 Å². The van der Waals surface area contributed by atoms with Gasteiger partial charge in [-0.05, 0) is 54.8 Å². The standard InChI is InChI=1S/C21H22ClN3O2/c22-16-5-3-4-15(14-16)21(10-1-2-11-21)19(26)24-17-6-8-18(9-7-17)25-13-12-23-20(25)27/h3-9,14H,1-2,10-13H2,(H,23,27)(H,24,26). The van der Waals surface area contributed by atoms with Crippen LogP contribution in [0, 0.1) is 0 Å². The molecule has 0 spiro atoms. The first kappa shape index (κ1) is 17.9. The van der Waals surface area contributed by atoms with Crippen LogP contribution in [0.25, 0.3) is 0 Å². The molecule has 1 heterocycles. The normalized spacial score (nSPS) is 18.4. The number of carbonyl (C=O) groups is 2. The van der Waals surface area contributed by atoms with E-state index < -0.39 is 5.41 Å². The molecule has 6 heteroatoms. The van der Waals surface area contributed by atoms with Crippen LogP contribution in [0.3, 0.4) is 0 Å². The minimum atomic E-state index is -0.529. The van der Waals surface area contributed by atoms with E-state index in [9.17, 15) is 9.59 Å². The summed E-state index contributed by atoms with van der Waals surface area (Å²) < 4.78 is 0. The summed E-state index contributed by atoms with van der Waals surface area (Å²) in [6.07, 6.45) is 3.71. The van der Waals surface area contributed by atoms with E-state index in [4.69, 9.17) is 11.6 Å². The van der Waals surface area contributed by atoms with Crippen LogP contribution in [0.1, 0.15) is 31.2 Å². The lowest BCUT2D eigenvalue weighted by Gasteiger charge is -2.28. The predicted octanol–water partition coefficient (Wildman–Crippen LogP) is 4.32. The zero-order valence-corrected chi connectivity index (χ0v) is 15.8. The van der Waals surface area contributed by atoms with Gasteiger partial charge in [-0.2, -0.15) is 0 Å². The van der Waals surface area contributed by atoms with Crippen molar-refractivity contribution in [3.8, 4) is 0 Å². The summed E-state index contributed by atoms with van der Waals surface area (Å²) >= 11 is 6.17. The number of nitrogens with zero attached hydrogens (tertiary/aromatic N) is 1. The molecule has 0 radical (unpaired) electrons. The van der Waals surface area contributed by atoms with E-state index in [0.717, 1.165) is 42.6 Å². The molecule has 2 aromatic carbocycles. The fourth-order valence-electron chi connectivity index (χ4n) is 4.10. The van der Waals surface area contributed by atoms with E-state index in [0.29, 0.717) is 18.1 Å². The van der Waals surface area contributed by atoms with Crippen molar-refractivity contribution in [3.05, 3.63) is 59.1 Å². The van der Waals surface area contributed by atoms with Crippen molar-refractivity contribution in [2.24, 2.45) is 0 Å². The minimum Gasteiger partial charge on any atom is -0.336 e. The molecule has 27 heavy (non-hydrogen) atoms. The highest BCUT2D eigenvalue weighted by atomic mass is 35.5. The molecule has 0 bridgehead atoms. The van der Waals surface area contributed by atoms with Gasteiger partial charge in [0, 0.05) is 29.5 Å². The van der Waals surface area contributed by atoms with Gasteiger partial charge in [-0.3, -0.25) is 9.69 Å². The molecule has 0 aromatic heterocycles. The minimum absolute atomic E-state index is 0.00827. The van der Waals surface area contributed by atoms with Gasteiger partial charge in [-0.25, -0.2) is 4.79 Å². The first-order valence-corrected chi connectivity index (χ1v) is 9.69. The second-order valence-electron chi connectivity index (χ2n) is 7.18. The molecule has 2 aliphatic rings. The Morgan fingerprint density at radius 2 is 1.85 bits per heavy atom. The molecule has 1 aliphatic heterocycles. The molecule has 2 aromatic rings. The number of amides is 3. The van der Waals surface area contributed by atoms with Crippen molar-refractivity contribution in [3.63, 3.8) is 0 Å². The smallest absolute Gasteiger partial charge is 0.321 e. The number of anilines is 2. The van der Waals surface area contributed by atoms with Gasteiger partial charge < -0.3 is 10.6 Å². The highest BCUT2D eigenvalue weighted by Crippen LogP contribution is 2.42. The Balaban J connectivity index is 1.54. The van der Waals surface area contributed by atoms with E-state index in [1.54, 1.807) is 4.90 Å². The van der Waals surface area contributed by atoms with Crippen LogP contribution in [-0.4, -0.2) is 25.0 Å². The fraction of sp³-hybridized carbons (Fsp3) is 0.333. The molecule has 4 rings (SSSR count). The summed E-state index contributed by atoms with van der Waals surface area (Å²) in [5.74, 6) is 0.00827. The number of hydrogen-bond acceptors (Lipinski definition) is 2. The Bertz CT molecular complexity index is 860. The number of nitrogens with one attached hydrogen (secondary N) is 2. The summed E-state index contributed by atoms with van der Waals surface area (Å²) in [4.78, 5) is 26.7. The van der Waals surface area contributed by atoms with Gasteiger partial charge in [0.2, 0.25) is 5.91 Å². The summed E-state index contributed by atoms with van der Waals surface area (Å²) in [7, 11) is 0. The van der Waals surface area contributed by atoms with Crippen LogP contribution < -0.4 is 15.5 Å². The molecule has 0 unspecified atom stereocenters. The molecule has 1 saturated heterocycles. The third-order valence-electron chi connectivity index (χ3n) is 5.56. The van der Waals surface area contributed by atoms with Crippen LogP contribution in [0.15, 0.2) is 48.5 Å². The first-order chi connectivity index (χ1) is 13.1. The Morgan fingerprint density at radius 1 is 1.11 bits per heavy atom. The van der Waals surface area contributed by atoms with E-state index in [2.05, 4.69) is 10.6 Å². The molecule has 140 valence electrons. The average molecular weight is 384 g/mol. The Labute approximate surface area is 163 Å². The van der Waals surface area contributed by atoms with Crippen LogP contribution in [0.4, 0.5) is 16.2 Å². The summed E-state index contributed by atoms with van der Waals surface area (Å²) in [6.45, 7) is 1.31. The van der Waals surface area contributed by atoms with Gasteiger partial charge in [0.05, 0.1) is 5.41 Å². The van der Waals surface area contributed by atoms with Crippen molar-refractivity contribution in [2.75, 3.05) is 23.3 Å². The molecule has 1 aliphatic carbocycles. The molecule has 0 atom stereocenters. The zero-order chi connectivity index (χ0) is 18.9. The number of hydrogen-bond donors (Lipinski definition) is 2. The lowest BCUT2D eigenvalue weighted by molar-refractivity contribution is -0.121. The van der Waals surface area contributed by atoms with Crippen LogP contribution in [-0.2, 0) is 10.2 Å². The quantitative estimate of drug-likeness (QED) is 0.825. The molecule has 3 amide bonds. The molecular formula is C21H22ClN3O2. The highest BCUT2D eigenvalue weighted by Gasteiger charge is 2.42. The average Bonchev–Trinajstić information content (AvgIpc) is 3.32. The van der Waals surface area contributed by atoms with Gasteiger partial charge in [-0.1, -0.05) is 36.6 Å². The van der Waals surface area contributed by atoms with E-state index in [1.165, 1.54) is 0 Å². The molecular weight excluding hydrogens is 362 g/mol. The monoisotopic (exact) mass is 383 g/mol. The van der Waals surface area contributed by atoms with Crippen molar-refractivity contribution >= 4 is 34.9 Å². The van der Waals surface area contributed by atoms with Gasteiger partial charge >= 0.3 is 6.03 Å². The molecule has 2 N–H and O–H groups in total. The summed E-state index contributed by atoms with van der Waals surface area (Å²) in [5, 5.41) is 6.51. The number of carbonyl (C=O) groups excluding carboxylic acids is 2. The maximum absolute atomic E-state index is 13.2. The first-order valence-electron chi connectivity index (χ1n) is 9.31. The van der Waals surface area contributed by atoms with E-state index in [1.807, 2.05) is 48.5 Å². The maximum Gasteiger partial charge on any atom is 0.321 e. The lowest BCUT2D eigenvalue weighted by atomic mass is 9.78. The topological polar surface area (TPSA) is 61.4 Å². The van der Waals surface area contributed by atoms with E-state index in [-0.39, 0.29) is 11.9 Å². The van der Waals surface area contributed by atoms with Crippen molar-refractivity contribution < 1.29 is 9.59 Å². The molecule has 1 saturated carbocycles. The number of halogens is 1. The van der Waals surface area contributed by atoms with Crippen molar-refractivity contribution in [1.29, 1.82) is 0 Å². The Hall–Kier alpha value is -2.53. The summed E-state index contributed by atoms with van der Waals surface area (Å²) in [6, 6.07) is 15.0. The zero-order valence-electron chi connectivity index (χ0n) is 15.0. The van der Waals surface area contributed by atoms with Gasteiger partial charge in [0.1, 0.15) is 0 Å². The van der Waals surface area contributed by atoms with Crippen molar-refractivity contribution in [1.82, 2.24) is 5.32 Å². The fourth-order valence-corrected chi connectivity index (χ4v) is 4.30. The Kier molecular flexibility index (Phi) is 4.79. The SMILES string of the molecule is O=C1NCCN1c1ccc(NC(=O)C2(c3cccc(Cl)c3)CCCC2)cc1. The third-order valence-corrected chi connectivity index (χ3v) is 5.80. The van der Waals surface area contributed by atoms with Crippen LogP contribution >= 0.6 is 11.6 Å². The van der Waals surface area contributed by atoms with Crippen molar-refractivity contribution in [2.45, 2.75) is 31.1 Å². The highest BCUT2D eigenvalue weighted by molar-refractivity contribution is 6.30. The Morgan fingerprint density at radius 3 is 2.48 bits per heavy atom. The maximum atomic E-state index is 13.2. The summed E-state index contributed by atoms with van der Waals surface area (Å²) in [5.41, 5.74) is 2.01. The van der Waals surface area contributed by atoms with Crippen LogP contribution in [0.5, 0.6) is 0 Å². The molecule has 2 fully saturated rings. The number of urea groups is 1. The third kappa shape index (κ3) is 3.39. The number of benzene rings is 2.